The van der Waals surface area contributed by atoms with E-state index in [-0.39, 0.29) is 43.1 Å². The van der Waals surface area contributed by atoms with Gasteiger partial charge in [0.25, 0.3) is 0 Å². The SMILES string of the molecule is CCC1O[C@@H](OCCN=[N+]=[N-])C(C)[C@@H](O[C@H]2OC[C@@H](C)[C@H](O)C2O)[C@@H]1C. The number of hydrogen-bond donors (Lipinski definition) is 2. The van der Waals surface area contributed by atoms with Crippen LogP contribution in [0.2, 0.25) is 0 Å². The van der Waals surface area contributed by atoms with Gasteiger partial charge in [-0.2, -0.15) is 0 Å². The van der Waals surface area contributed by atoms with Crippen LogP contribution >= 0.6 is 0 Å². The van der Waals surface area contributed by atoms with Gasteiger partial charge in [-0.25, -0.2) is 0 Å². The van der Waals surface area contributed by atoms with Crippen LogP contribution in [0.15, 0.2) is 5.11 Å². The normalized spacial score (nSPS) is 43.7. The van der Waals surface area contributed by atoms with Crippen LogP contribution in [0.25, 0.3) is 10.4 Å². The lowest BCUT2D eigenvalue weighted by molar-refractivity contribution is -0.323. The van der Waals surface area contributed by atoms with Crippen molar-refractivity contribution in [2.24, 2.45) is 22.9 Å². The average molecular weight is 373 g/mol. The van der Waals surface area contributed by atoms with E-state index in [0.29, 0.717) is 6.61 Å². The Morgan fingerprint density at radius 3 is 2.54 bits per heavy atom. The third-order valence-corrected chi connectivity index (χ3v) is 5.33. The Morgan fingerprint density at radius 2 is 1.88 bits per heavy atom. The molecule has 0 spiro atoms. The van der Waals surface area contributed by atoms with Gasteiger partial charge in [0.05, 0.1) is 31.5 Å². The molecule has 0 aromatic rings. The maximum Gasteiger partial charge on any atom is 0.186 e. The van der Waals surface area contributed by atoms with Crippen molar-refractivity contribution in [3.63, 3.8) is 0 Å². The Labute approximate surface area is 154 Å². The maximum atomic E-state index is 10.3. The molecule has 0 radical (unpaired) electrons. The summed E-state index contributed by atoms with van der Waals surface area (Å²) in [6, 6.07) is 0. The molecule has 2 aliphatic rings. The number of ether oxygens (including phenoxy) is 4. The monoisotopic (exact) mass is 373 g/mol. The zero-order chi connectivity index (χ0) is 19.3. The molecule has 3 unspecified atom stereocenters. The summed E-state index contributed by atoms with van der Waals surface area (Å²) in [5, 5.41) is 23.8. The fraction of sp³-hybridized carbons (Fsp3) is 1.00. The first-order valence-electron chi connectivity index (χ1n) is 9.31. The predicted molar refractivity (Wildman–Crippen MR) is 93.0 cm³/mol. The summed E-state index contributed by atoms with van der Waals surface area (Å²) in [6.07, 6.45) is -2.89. The first-order chi connectivity index (χ1) is 12.4. The average Bonchev–Trinajstić information content (AvgIpc) is 2.63. The second-order valence-corrected chi connectivity index (χ2v) is 7.26. The van der Waals surface area contributed by atoms with Crippen LogP contribution in [-0.2, 0) is 18.9 Å². The summed E-state index contributed by atoms with van der Waals surface area (Å²) in [6.45, 7) is 8.68. The van der Waals surface area contributed by atoms with Crippen molar-refractivity contribution in [3.8, 4) is 0 Å². The highest BCUT2D eigenvalue weighted by molar-refractivity contribution is 4.88. The second-order valence-electron chi connectivity index (χ2n) is 7.26. The van der Waals surface area contributed by atoms with Crippen LogP contribution in [0.5, 0.6) is 0 Å². The maximum absolute atomic E-state index is 10.3. The fourth-order valence-corrected chi connectivity index (χ4v) is 3.64. The van der Waals surface area contributed by atoms with Crippen molar-refractivity contribution < 1.29 is 29.2 Å². The molecule has 2 heterocycles. The lowest BCUT2D eigenvalue weighted by atomic mass is 9.84. The summed E-state index contributed by atoms with van der Waals surface area (Å²) in [7, 11) is 0. The highest BCUT2D eigenvalue weighted by Gasteiger charge is 2.46. The number of nitrogens with zero attached hydrogens (tertiary/aromatic N) is 3. The Hall–Kier alpha value is -0.930. The van der Waals surface area contributed by atoms with Gasteiger partial charge in [-0.15, -0.1) is 0 Å². The van der Waals surface area contributed by atoms with Gasteiger partial charge in [-0.3, -0.25) is 0 Å². The van der Waals surface area contributed by atoms with Gasteiger partial charge >= 0.3 is 0 Å². The molecule has 9 atom stereocenters. The minimum absolute atomic E-state index is 0.0646. The van der Waals surface area contributed by atoms with Gasteiger partial charge in [0, 0.05) is 29.2 Å². The molecule has 2 aliphatic heterocycles. The third kappa shape index (κ3) is 4.86. The van der Waals surface area contributed by atoms with Crippen LogP contribution in [0.4, 0.5) is 0 Å². The van der Waals surface area contributed by atoms with E-state index >= 15 is 0 Å². The molecular formula is C17H31N3O6. The zero-order valence-corrected chi connectivity index (χ0v) is 15.9. The van der Waals surface area contributed by atoms with E-state index < -0.39 is 24.8 Å². The topological polar surface area (TPSA) is 126 Å². The van der Waals surface area contributed by atoms with Crippen molar-refractivity contribution in [1.82, 2.24) is 0 Å². The molecule has 0 saturated carbocycles. The largest absolute Gasteiger partial charge is 0.390 e. The summed E-state index contributed by atoms with van der Waals surface area (Å²) >= 11 is 0. The van der Waals surface area contributed by atoms with Gasteiger partial charge in [0.15, 0.2) is 12.6 Å². The van der Waals surface area contributed by atoms with Crippen molar-refractivity contribution >= 4 is 0 Å². The Bertz CT molecular complexity index is 489. The molecule has 2 N–H and O–H groups in total. The molecule has 9 nitrogen and oxygen atoms in total. The van der Waals surface area contributed by atoms with Crippen molar-refractivity contribution in [2.75, 3.05) is 19.8 Å². The van der Waals surface area contributed by atoms with Crippen molar-refractivity contribution in [3.05, 3.63) is 10.4 Å². The van der Waals surface area contributed by atoms with Gasteiger partial charge in [-0.05, 0) is 12.0 Å². The zero-order valence-electron chi connectivity index (χ0n) is 15.9. The molecule has 0 aromatic carbocycles. The highest BCUT2D eigenvalue weighted by atomic mass is 16.7. The van der Waals surface area contributed by atoms with Gasteiger partial charge in [-0.1, -0.05) is 32.8 Å². The van der Waals surface area contributed by atoms with Crippen molar-refractivity contribution in [2.45, 2.75) is 71.1 Å². The quantitative estimate of drug-likeness (QED) is 0.303. The molecule has 26 heavy (non-hydrogen) atoms. The van der Waals surface area contributed by atoms with E-state index in [4.69, 9.17) is 24.5 Å². The van der Waals surface area contributed by atoms with Gasteiger partial charge in [0.1, 0.15) is 6.10 Å². The molecule has 0 aliphatic carbocycles. The minimum Gasteiger partial charge on any atom is -0.390 e. The fourth-order valence-electron chi connectivity index (χ4n) is 3.64. The van der Waals surface area contributed by atoms with Crippen molar-refractivity contribution in [1.29, 1.82) is 0 Å². The Balaban J connectivity index is 2.04. The van der Waals surface area contributed by atoms with E-state index in [2.05, 4.69) is 10.0 Å². The predicted octanol–water partition coefficient (Wildman–Crippen LogP) is 1.82. The number of hydrogen-bond acceptors (Lipinski definition) is 7. The first kappa shape index (κ1) is 21.4. The summed E-state index contributed by atoms with van der Waals surface area (Å²) in [5.74, 6) is -0.194. The smallest absolute Gasteiger partial charge is 0.186 e. The lowest BCUT2D eigenvalue weighted by Gasteiger charge is -2.46. The first-order valence-corrected chi connectivity index (χ1v) is 9.31. The molecular weight excluding hydrogens is 342 g/mol. The summed E-state index contributed by atoms with van der Waals surface area (Å²) < 4.78 is 23.5. The summed E-state index contributed by atoms with van der Waals surface area (Å²) in [4.78, 5) is 2.71. The van der Waals surface area contributed by atoms with Crippen LogP contribution < -0.4 is 0 Å². The number of azide groups is 1. The molecule has 150 valence electrons. The van der Waals surface area contributed by atoms with Crippen LogP contribution in [-0.4, -0.2) is 67.0 Å². The van der Waals surface area contributed by atoms with E-state index in [1.165, 1.54) is 0 Å². The van der Waals surface area contributed by atoms with E-state index in [0.717, 1.165) is 6.42 Å². The van der Waals surface area contributed by atoms with E-state index in [1.54, 1.807) is 0 Å². The highest BCUT2D eigenvalue weighted by Crippen LogP contribution is 2.36. The standard InChI is InChI=1S/C17H31N3O6/c1-5-12-10(3)15(11(4)16(25-12)23-7-6-19-20-18)26-17-14(22)13(21)9(2)8-24-17/h9-17,21-22H,5-8H2,1-4H3/t9-,10-,11?,12?,13+,14?,15+,16-,17-/m1/s1. The number of aliphatic hydroxyl groups excluding tert-OH is 2. The molecule has 0 bridgehead atoms. The van der Waals surface area contributed by atoms with Crippen LogP contribution in [0.3, 0.4) is 0 Å². The molecule has 0 aromatic heterocycles. The molecule has 2 rings (SSSR count). The number of aliphatic hydroxyl groups is 2. The molecule has 0 amide bonds. The summed E-state index contributed by atoms with van der Waals surface area (Å²) in [5.41, 5.74) is 8.35. The van der Waals surface area contributed by atoms with E-state index in [9.17, 15) is 10.2 Å². The minimum atomic E-state index is -1.09. The van der Waals surface area contributed by atoms with Crippen LogP contribution in [0.1, 0.15) is 34.1 Å². The molecule has 9 heteroatoms. The number of rotatable bonds is 7. The molecule has 2 saturated heterocycles. The Kier molecular flexibility index (Phi) is 8.09. The van der Waals surface area contributed by atoms with E-state index in [1.807, 2.05) is 27.7 Å². The molecule has 2 fully saturated rings. The third-order valence-electron chi connectivity index (χ3n) is 5.33. The lowest BCUT2D eigenvalue weighted by Crippen LogP contribution is -2.56. The van der Waals surface area contributed by atoms with Gasteiger partial charge in [0.2, 0.25) is 0 Å². The Morgan fingerprint density at radius 1 is 1.15 bits per heavy atom. The second kappa shape index (κ2) is 9.85. The van der Waals surface area contributed by atoms with Gasteiger partial charge < -0.3 is 29.2 Å². The van der Waals surface area contributed by atoms with Crippen LogP contribution in [0, 0.1) is 17.8 Å².